The first-order valence-corrected chi connectivity index (χ1v) is 10.4. The zero-order valence-corrected chi connectivity index (χ0v) is 17.3. The van der Waals surface area contributed by atoms with E-state index in [2.05, 4.69) is 6.92 Å². The Balaban J connectivity index is 1.58. The molecule has 0 spiro atoms. The Morgan fingerprint density at radius 1 is 1.00 bits per heavy atom. The first kappa shape index (κ1) is 22.7. The largest absolute Gasteiger partial charge is 0.493 e. The van der Waals surface area contributed by atoms with Gasteiger partial charge < -0.3 is 9.47 Å². The van der Waals surface area contributed by atoms with Crippen molar-refractivity contribution in [2.75, 3.05) is 6.61 Å². The lowest BCUT2D eigenvalue weighted by molar-refractivity contribution is 0.0729. The third-order valence-electron chi connectivity index (χ3n) is 5.65. The number of nitrogens with zero attached hydrogens (tertiary/aromatic N) is 1. The van der Waals surface area contributed by atoms with Crippen molar-refractivity contribution in [2.24, 2.45) is 11.8 Å². The van der Waals surface area contributed by atoms with Crippen molar-refractivity contribution >= 4 is 5.97 Å². The van der Waals surface area contributed by atoms with E-state index in [1.165, 1.54) is 43.9 Å². The molecule has 3 rings (SSSR count). The molecule has 0 atom stereocenters. The predicted octanol–water partition coefficient (Wildman–Crippen LogP) is 6.18. The number of carbonyl (C=O) groups excluding carboxylic acids is 1. The number of benzene rings is 2. The van der Waals surface area contributed by atoms with Crippen molar-refractivity contribution in [3.8, 4) is 17.6 Å². The Hall–Kier alpha value is -3.01. The minimum atomic E-state index is -1.17. The second-order valence-electron chi connectivity index (χ2n) is 7.89. The van der Waals surface area contributed by atoms with Crippen molar-refractivity contribution in [3.63, 3.8) is 0 Å². The summed E-state index contributed by atoms with van der Waals surface area (Å²) in [6, 6.07) is 6.53. The predicted molar refractivity (Wildman–Crippen MR) is 108 cm³/mol. The first-order chi connectivity index (χ1) is 14.9. The van der Waals surface area contributed by atoms with Gasteiger partial charge in [0.2, 0.25) is 0 Å². The van der Waals surface area contributed by atoms with E-state index in [1.54, 1.807) is 0 Å². The van der Waals surface area contributed by atoms with Gasteiger partial charge in [-0.3, -0.25) is 0 Å². The molecule has 0 aromatic heterocycles. The number of esters is 1. The van der Waals surface area contributed by atoms with Crippen molar-refractivity contribution in [3.05, 3.63) is 58.9 Å². The van der Waals surface area contributed by atoms with E-state index in [1.807, 2.05) is 0 Å². The highest BCUT2D eigenvalue weighted by Crippen LogP contribution is 2.32. The van der Waals surface area contributed by atoms with Gasteiger partial charge in [-0.1, -0.05) is 32.6 Å². The third-order valence-corrected chi connectivity index (χ3v) is 5.65. The maximum atomic E-state index is 14.4. The number of halogens is 3. The molecule has 0 amide bonds. The molecule has 7 heteroatoms. The fraction of sp³-hybridized carbons (Fsp3) is 0.417. The van der Waals surface area contributed by atoms with Crippen LogP contribution in [0.3, 0.4) is 0 Å². The molecule has 2 aromatic rings. The normalized spacial score (nSPS) is 18.3. The fourth-order valence-corrected chi connectivity index (χ4v) is 3.94. The molecule has 1 aliphatic rings. The summed E-state index contributed by atoms with van der Waals surface area (Å²) in [7, 11) is 0. The van der Waals surface area contributed by atoms with Crippen LogP contribution in [0, 0.1) is 40.6 Å². The van der Waals surface area contributed by atoms with Crippen molar-refractivity contribution in [2.45, 2.75) is 45.4 Å². The Morgan fingerprint density at radius 2 is 1.61 bits per heavy atom. The average molecular weight is 431 g/mol. The number of nitriles is 1. The third kappa shape index (κ3) is 5.78. The van der Waals surface area contributed by atoms with Crippen LogP contribution < -0.4 is 9.47 Å². The molecule has 164 valence electrons. The second-order valence-corrected chi connectivity index (χ2v) is 7.89. The summed E-state index contributed by atoms with van der Waals surface area (Å²) in [6.45, 7) is 2.69. The van der Waals surface area contributed by atoms with Gasteiger partial charge in [-0.25, -0.2) is 18.0 Å². The van der Waals surface area contributed by atoms with Crippen molar-refractivity contribution in [1.29, 1.82) is 5.26 Å². The molecular formula is C24H24F3NO3. The lowest BCUT2D eigenvalue weighted by atomic mass is 9.80. The van der Waals surface area contributed by atoms with Gasteiger partial charge in [0.15, 0.2) is 0 Å². The molecule has 0 N–H and O–H groups in total. The van der Waals surface area contributed by atoms with Gasteiger partial charge in [0.1, 0.15) is 40.6 Å². The zero-order valence-electron chi connectivity index (χ0n) is 17.3. The summed E-state index contributed by atoms with van der Waals surface area (Å²) >= 11 is 0. The second kappa shape index (κ2) is 10.3. The summed E-state index contributed by atoms with van der Waals surface area (Å²) in [5, 5.41) is 8.67. The lowest BCUT2D eigenvalue weighted by Gasteiger charge is -2.28. The molecule has 1 fully saturated rings. The number of ether oxygens (including phenoxy) is 2. The van der Waals surface area contributed by atoms with Crippen molar-refractivity contribution < 1.29 is 27.4 Å². The molecule has 1 aliphatic carbocycles. The summed E-state index contributed by atoms with van der Waals surface area (Å²) in [4.78, 5) is 12.2. The summed E-state index contributed by atoms with van der Waals surface area (Å²) in [5.41, 5.74) is -1.18. The monoisotopic (exact) mass is 431 g/mol. The van der Waals surface area contributed by atoms with E-state index in [9.17, 15) is 18.0 Å². The quantitative estimate of drug-likeness (QED) is 0.388. The van der Waals surface area contributed by atoms with Gasteiger partial charge >= 0.3 is 5.97 Å². The molecule has 4 nitrogen and oxygen atoms in total. The standard InChI is InChI=1S/C24H24F3NO3/c1-2-3-15-4-6-16(7-5-15)14-30-17-8-9-19(21(25)10-17)24(29)31-18-11-22(26)20(13-28)23(27)12-18/h8-12,15-16H,2-7,14H2,1H3. The highest BCUT2D eigenvalue weighted by atomic mass is 19.1. The number of carbonyl (C=O) groups is 1. The van der Waals surface area contributed by atoms with Crippen LogP contribution in [0.5, 0.6) is 11.5 Å². The van der Waals surface area contributed by atoms with E-state index in [0.717, 1.165) is 24.8 Å². The molecule has 0 saturated heterocycles. The Bertz CT molecular complexity index is 956. The van der Waals surface area contributed by atoms with Gasteiger partial charge in [-0.05, 0) is 36.8 Å². The maximum absolute atomic E-state index is 14.4. The highest BCUT2D eigenvalue weighted by molar-refractivity contribution is 5.91. The summed E-state index contributed by atoms with van der Waals surface area (Å²) < 4.78 is 52.3. The Labute approximate surface area is 179 Å². The van der Waals surface area contributed by atoms with Gasteiger partial charge in [0.25, 0.3) is 0 Å². The van der Waals surface area contributed by atoms with Crippen LogP contribution >= 0.6 is 0 Å². The molecule has 0 radical (unpaired) electrons. The van der Waals surface area contributed by atoms with Crippen LogP contribution in [0.15, 0.2) is 30.3 Å². The molecule has 2 aromatic carbocycles. The molecule has 31 heavy (non-hydrogen) atoms. The van der Waals surface area contributed by atoms with Gasteiger partial charge in [0, 0.05) is 18.2 Å². The smallest absolute Gasteiger partial charge is 0.346 e. The van der Waals surface area contributed by atoms with Crippen LogP contribution in [-0.4, -0.2) is 12.6 Å². The summed E-state index contributed by atoms with van der Waals surface area (Å²) in [6.07, 6.45) is 7.03. The van der Waals surface area contributed by atoms with Gasteiger partial charge in [0.05, 0.1) is 12.2 Å². The molecular weight excluding hydrogens is 407 g/mol. The minimum absolute atomic E-state index is 0.306. The molecule has 0 bridgehead atoms. The zero-order chi connectivity index (χ0) is 22.4. The van der Waals surface area contributed by atoms with Crippen LogP contribution in [0.25, 0.3) is 0 Å². The first-order valence-electron chi connectivity index (χ1n) is 10.4. The highest BCUT2D eigenvalue weighted by Gasteiger charge is 2.22. The SMILES string of the molecule is CCCC1CCC(COc2ccc(C(=O)Oc3cc(F)c(C#N)c(F)c3)c(F)c2)CC1. The Morgan fingerprint density at radius 3 is 2.19 bits per heavy atom. The molecule has 0 aliphatic heterocycles. The number of rotatable bonds is 7. The van der Waals surface area contributed by atoms with Crippen LogP contribution in [0.1, 0.15) is 61.4 Å². The molecule has 0 heterocycles. The van der Waals surface area contributed by atoms with E-state index in [0.29, 0.717) is 30.4 Å². The average Bonchev–Trinajstić information content (AvgIpc) is 2.73. The lowest BCUT2D eigenvalue weighted by Crippen LogP contribution is -2.20. The Kier molecular flexibility index (Phi) is 7.56. The van der Waals surface area contributed by atoms with E-state index >= 15 is 0 Å². The fourth-order valence-electron chi connectivity index (χ4n) is 3.94. The number of hydrogen-bond acceptors (Lipinski definition) is 4. The molecule has 0 unspecified atom stereocenters. The van der Waals surface area contributed by atoms with Crippen LogP contribution in [-0.2, 0) is 0 Å². The van der Waals surface area contributed by atoms with E-state index < -0.39 is 40.3 Å². The van der Waals surface area contributed by atoms with Crippen LogP contribution in [0.4, 0.5) is 13.2 Å². The maximum Gasteiger partial charge on any atom is 0.346 e. The summed E-state index contributed by atoms with van der Waals surface area (Å²) in [5.74, 6) is -3.23. The van der Waals surface area contributed by atoms with Gasteiger partial charge in [-0.2, -0.15) is 5.26 Å². The van der Waals surface area contributed by atoms with E-state index in [4.69, 9.17) is 14.7 Å². The van der Waals surface area contributed by atoms with Crippen LogP contribution in [0.2, 0.25) is 0 Å². The topological polar surface area (TPSA) is 59.3 Å². The van der Waals surface area contributed by atoms with Crippen molar-refractivity contribution in [1.82, 2.24) is 0 Å². The number of hydrogen-bond donors (Lipinski definition) is 0. The van der Waals surface area contributed by atoms with E-state index in [-0.39, 0.29) is 0 Å². The minimum Gasteiger partial charge on any atom is -0.493 e. The van der Waals surface area contributed by atoms with Gasteiger partial charge in [-0.15, -0.1) is 0 Å². The molecule has 1 saturated carbocycles.